The monoisotopic (exact) mass is 428 g/mol. The number of ether oxygens (including phenoxy) is 1. The van der Waals surface area contributed by atoms with Crippen LogP contribution in [-0.4, -0.2) is 49.1 Å². The minimum absolute atomic E-state index is 0.0200. The summed E-state index contributed by atoms with van der Waals surface area (Å²) in [6.45, 7) is 4.63. The van der Waals surface area contributed by atoms with E-state index in [9.17, 15) is 14.9 Å². The molecular formula is C21H24N4O4S. The van der Waals surface area contributed by atoms with E-state index in [1.54, 1.807) is 6.07 Å². The molecule has 1 aliphatic heterocycles. The zero-order valence-electron chi connectivity index (χ0n) is 16.7. The topological polar surface area (TPSA) is 97.1 Å². The summed E-state index contributed by atoms with van der Waals surface area (Å²) >= 11 is 1.50. The molecule has 3 rings (SSSR count). The first kappa shape index (κ1) is 21.8. The van der Waals surface area contributed by atoms with Crippen molar-refractivity contribution in [1.82, 2.24) is 5.43 Å². The molecular weight excluding hydrogens is 404 g/mol. The van der Waals surface area contributed by atoms with Crippen molar-refractivity contribution < 1.29 is 14.5 Å². The lowest BCUT2D eigenvalue weighted by Gasteiger charge is -2.29. The van der Waals surface area contributed by atoms with Gasteiger partial charge in [-0.15, -0.1) is 11.8 Å². The Morgan fingerprint density at radius 2 is 2.00 bits per heavy atom. The Morgan fingerprint density at radius 3 is 2.70 bits per heavy atom. The molecule has 30 heavy (non-hydrogen) atoms. The fourth-order valence-corrected chi connectivity index (χ4v) is 3.78. The molecule has 1 fully saturated rings. The zero-order valence-corrected chi connectivity index (χ0v) is 17.6. The summed E-state index contributed by atoms with van der Waals surface area (Å²) in [6.07, 6.45) is 1.46. The van der Waals surface area contributed by atoms with E-state index in [1.807, 2.05) is 31.2 Å². The fraction of sp³-hybridized carbons (Fsp3) is 0.333. The van der Waals surface area contributed by atoms with E-state index >= 15 is 0 Å². The van der Waals surface area contributed by atoms with Gasteiger partial charge in [-0.05, 0) is 18.6 Å². The van der Waals surface area contributed by atoms with Crippen molar-refractivity contribution >= 4 is 35.3 Å². The SMILES string of the molecule is Cc1ccc(CSCC(=O)N/N=C\c2cc([N+](=O)[O-])ccc2N2CCOCC2)cc1. The van der Waals surface area contributed by atoms with Gasteiger partial charge in [0.25, 0.3) is 5.69 Å². The van der Waals surface area contributed by atoms with Crippen LogP contribution in [0.3, 0.4) is 0 Å². The highest BCUT2D eigenvalue weighted by molar-refractivity contribution is 7.99. The van der Waals surface area contributed by atoms with Gasteiger partial charge < -0.3 is 9.64 Å². The van der Waals surface area contributed by atoms with Crippen molar-refractivity contribution in [2.24, 2.45) is 5.10 Å². The molecule has 1 heterocycles. The predicted octanol–water partition coefficient (Wildman–Crippen LogP) is 3.12. The number of benzene rings is 2. The Balaban J connectivity index is 1.58. The Labute approximate surface area is 179 Å². The number of rotatable bonds is 8. The van der Waals surface area contributed by atoms with Gasteiger partial charge in [-0.25, -0.2) is 5.43 Å². The van der Waals surface area contributed by atoms with Crippen molar-refractivity contribution in [1.29, 1.82) is 0 Å². The Morgan fingerprint density at radius 1 is 1.27 bits per heavy atom. The maximum absolute atomic E-state index is 12.1. The standard InChI is InChI=1S/C21H24N4O4S/c1-16-2-4-17(5-3-16)14-30-15-21(26)23-22-13-18-12-19(25(27)28)6-7-20(18)24-8-10-29-11-9-24/h2-7,12-13H,8-11,14-15H2,1H3,(H,23,26)/b22-13-. The number of nitro benzene ring substituents is 1. The lowest BCUT2D eigenvalue weighted by Crippen LogP contribution is -2.36. The van der Waals surface area contributed by atoms with Crippen LogP contribution in [-0.2, 0) is 15.3 Å². The van der Waals surface area contributed by atoms with Crippen molar-refractivity contribution in [3.63, 3.8) is 0 Å². The second-order valence-corrected chi connectivity index (χ2v) is 7.86. The lowest BCUT2D eigenvalue weighted by molar-refractivity contribution is -0.384. The van der Waals surface area contributed by atoms with Crippen LogP contribution in [0.15, 0.2) is 47.6 Å². The molecule has 0 radical (unpaired) electrons. The highest BCUT2D eigenvalue weighted by Crippen LogP contribution is 2.25. The third-order valence-electron chi connectivity index (χ3n) is 4.59. The molecule has 2 aromatic rings. The molecule has 0 unspecified atom stereocenters. The first-order valence-corrected chi connectivity index (χ1v) is 10.7. The summed E-state index contributed by atoms with van der Waals surface area (Å²) in [5.41, 5.74) is 6.26. The number of carbonyl (C=O) groups excluding carboxylic acids is 1. The average molecular weight is 429 g/mol. The summed E-state index contributed by atoms with van der Waals surface area (Å²) in [5, 5.41) is 15.1. The smallest absolute Gasteiger partial charge is 0.270 e. The molecule has 0 bridgehead atoms. The van der Waals surface area contributed by atoms with E-state index in [1.165, 1.54) is 35.7 Å². The van der Waals surface area contributed by atoms with E-state index in [0.29, 0.717) is 31.9 Å². The van der Waals surface area contributed by atoms with Gasteiger partial charge >= 0.3 is 0 Å². The van der Waals surface area contributed by atoms with Crippen LogP contribution < -0.4 is 10.3 Å². The molecule has 0 spiro atoms. The minimum Gasteiger partial charge on any atom is -0.378 e. The summed E-state index contributed by atoms with van der Waals surface area (Å²) in [6, 6.07) is 12.8. The average Bonchev–Trinajstić information content (AvgIpc) is 2.75. The maximum Gasteiger partial charge on any atom is 0.270 e. The van der Waals surface area contributed by atoms with Crippen LogP contribution in [0.2, 0.25) is 0 Å². The van der Waals surface area contributed by atoms with Crippen molar-refractivity contribution in [2.75, 3.05) is 37.0 Å². The third-order valence-corrected chi connectivity index (χ3v) is 5.59. The number of hydrogen-bond donors (Lipinski definition) is 1. The van der Waals surface area contributed by atoms with E-state index in [-0.39, 0.29) is 17.3 Å². The lowest BCUT2D eigenvalue weighted by atomic mass is 10.1. The summed E-state index contributed by atoms with van der Waals surface area (Å²) in [5.74, 6) is 0.793. The number of thioether (sulfide) groups is 1. The first-order valence-electron chi connectivity index (χ1n) is 9.59. The largest absolute Gasteiger partial charge is 0.378 e. The Bertz CT molecular complexity index is 912. The molecule has 0 saturated carbocycles. The van der Waals surface area contributed by atoms with E-state index in [2.05, 4.69) is 15.4 Å². The molecule has 0 aliphatic carbocycles. The number of aryl methyl sites for hydroxylation is 1. The van der Waals surface area contributed by atoms with Gasteiger partial charge in [0.2, 0.25) is 5.91 Å². The van der Waals surface area contributed by atoms with Gasteiger partial charge in [0, 0.05) is 42.2 Å². The van der Waals surface area contributed by atoms with E-state index in [4.69, 9.17) is 4.74 Å². The van der Waals surface area contributed by atoms with Gasteiger partial charge in [0.15, 0.2) is 0 Å². The van der Waals surface area contributed by atoms with Gasteiger partial charge in [0.05, 0.1) is 30.1 Å². The molecule has 1 N–H and O–H groups in total. The molecule has 158 valence electrons. The van der Waals surface area contributed by atoms with E-state index in [0.717, 1.165) is 17.0 Å². The van der Waals surface area contributed by atoms with Crippen molar-refractivity contribution in [2.45, 2.75) is 12.7 Å². The van der Waals surface area contributed by atoms with Crippen LogP contribution in [0.25, 0.3) is 0 Å². The molecule has 9 heteroatoms. The normalized spacial score (nSPS) is 14.1. The molecule has 1 amide bonds. The van der Waals surface area contributed by atoms with Crippen LogP contribution >= 0.6 is 11.8 Å². The third kappa shape index (κ3) is 6.30. The second-order valence-electron chi connectivity index (χ2n) is 6.87. The predicted molar refractivity (Wildman–Crippen MR) is 119 cm³/mol. The summed E-state index contributed by atoms with van der Waals surface area (Å²) in [4.78, 5) is 24.8. The molecule has 8 nitrogen and oxygen atoms in total. The number of nitrogens with zero attached hydrogens (tertiary/aromatic N) is 3. The number of amides is 1. The number of non-ortho nitro benzene ring substituents is 1. The number of anilines is 1. The van der Waals surface area contributed by atoms with Gasteiger partial charge in [-0.2, -0.15) is 5.10 Å². The first-order chi connectivity index (χ1) is 14.5. The fourth-order valence-electron chi connectivity index (χ4n) is 3.00. The molecule has 1 saturated heterocycles. The van der Waals surface area contributed by atoms with E-state index < -0.39 is 4.92 Å². The highest BCUT2D eigenvalue weighted by Gasteiger charge is 2.17. The number of hydrogen-bond acceptors (Lipinski definition) is 7. The number of hydrazone groups is 1. The van der Waals surface area contributed by atoms with Crippen LogP contribution in [0, 0.1) is 17.0 Å². The molecule has 2 aromatic carbocycles. The minimum atomic E-state index is -0.444. The second kappa shape index (κ2) is 10.7. The maximum atomic E-state index is 12.1. The van der Waals surface area contributed by atoms with Gasteiger partial charge in [0.1, 0.15) is 0 Å². The highest BCUT2D eigenvalue weighted by atomic mass is 32.2. The number of nitrogens with one attached hydrogen (secondary N) is 1. The zero-order chi connectivity index (χ0) is 21.3. The molecule has 0 aromatic heterocycles. The summed E-state index contributed by atoms with van der Waals surface area (Å²) < 4.78 is 5.37. The summed E-state index contributed by atoms with van der Waals surface area (Å²) in [7, 11) is 0. The quantitative estimate of drug-likeness (QED) is 0.394. The van der Waals surface area contributed by atoms with Gasteiger partial charge in [-0.3, -0.25) is 14.9 Å². The van der Waals surface area contributed by atoms with Crippen molar-refractivity contribution in [3.8, 4) is 0 Å². The number of morpholine rings is 1. The molecule has 1 aliphatic rings. The Kier molecular flexibility index (Phi) is 7.81. The number of nitro groups is 1. The number of carbonyl (C=O) groups is 1. The molecule has 0 atom stereocenters. The Hall–Kier alpha value is -2.91. The van der Waals surface area contributed by atoms with Gasteiger partial charge in [-0.1, -0.05) is 29.8 Å². The van der Waals surface area contributed by atoms with Crippen LogP contribution in [0.4, 0.5) is 11.4 Å². The van der Waals surface area contributed by atoms with Crippen molar-refractivity contribution in [3.05, 3.63) is 69.3 Å². The van der Waals surface area contributed by atoms with Crippen LogP contribution in [0.5, 0.6) is 0 Å². The van der Waals surface area contributed by atoms with Crippen LogP contribution in [0.1, 0.15) is 16.7 Å².